The summed E-state index contributed by atoms with van der Waals surface area (Å²) in [7, 11) is -3.28. The average molecular weight is 312 g/mol. The summed E-state index contributed by atoms with van der Waals surface area (Å²) in [6.07, 6.45) is 4.94. The lowest BCUT2D eigenvalue weighted by atomic mass is 10.1. The molecule has 1 saturated heterocycles. The van der Waals surface area contributed by atoms with Gasteiger partial charge in [0.25, 0.3) is 0 Å². The molecule has 108 valence electrons. The van der Waals surface area contributed by atoms with E-state index in [0.29, 0.717) is 16.5 Å². The second-order valence-corrected chi connectivity index (χ2v) is 7.72. The predicted octanol–water partition coefficient (Wildman–Crippen LogP) is 3.34. The second-order valence-electron chi connectivity index (χ2n) is 5.52. The largest absolute Gasteiger partial charge is 0.299 e. The second kappa shape index (κ2) is 5.51. The van der Waals surface area contributed by atoms with Gasteiger partial charge in [-0.2, -0.15) is 0 Å². The highest BCUT2D eigenvalue weighted by Gasteiger charge is 2.28. The number of fused-ring (bicyclic) bond motifs is 1. The lowest BCUT2D eigenvalue weighted by Gasteiger charge is -2.20. The van der Waals surface area contributed by atoms with Gasteiger partial charge < -0.3 is 0 Å². The Kier molecular flexibility index (Phi) is 3.89. The molecule has 0 radical (unpaired) electrons. The van der Waals surface area contributed by atoms with Crippen LogP contribution in [0.1, 0.15) is 31.2 Å². The van der Waals surface area contributed by atoms with Gasteiger partial charge in [-0.25, -0.2) is 8.42 Å². The van der Waals surface area contributed by atoms with Crippen molar-refractivity contribution in [3.05, 3.63) is 34.2 Å². The maximum absolute atomic E-state index is 12.1. The lowest BCUT2D eigenvalue weighted by Crippen LogP contribution is -2.26. The van der Waals surface area contributed by atoms with Crippen molar-refractivity contribution >= 4 is 27.0 Å². The van der Waals surface area contributed by atoms with Crippen LogP contribution in [-0.4, -0.2) is 33.0 Å². The fraction of sp³-hybridized carbons (Fsp3) is 0.467. The third-order valence-electron chi connectivity index (χ3n) is 3.98. The third kappa shape index (κ3) is 2.78. The molecule has 0 atom stereocenters. The minimum Gasteiger partial charge on any atom is -0.299 e. The minimum absolute atomic E-state index is 0.395. The molecule has 0 N–H and O–H groups in total. The van der Waals surface area contributed by atoms with Crippen LogP contribution in [-0.2, 0) is 9.84 Å². The SMILES string of the molecule is O=S1(=O)C=C(CN2CCCCCC2)c2cc(Cl)ccc21. The van der Waals surface area contributed by atoms with Gasteiger partial charge in [-0.1, -0.05) is 24.4 Å². The van der Waals surface area contributed by atoms with Crippen molar-refractivity contribution in [3.8, 4) is 0 Å². The van der Waals surface area contributed by atoms with Crippen LogP contribution < -0.4 is 0 Å². The summed E-state index contributed by atoms with van der Waals surface area (Å²) < 4.78 is 24.3. The zero-order valence-electron chi connectivity index (χ0n) is 11.3. The Labute approximate surface area is 125 Å². The van der Waals surface area contributed by atoms with Crippen LogP contribution >= 0.6 is 11.6 Å². The van der Waals surface area contributed by atoms with E-state index in [1.54, 1.807) is 18.2 Å². The molecule has 0 bridgehead atoms. The summed E-state index contributed by atoms with van der Waals surface area (Å²) in [6.45, 7) is 2.80. The molecule has 0 saturated carbocycles. The molecular formula is C15H18ClNO2S. The van der Waals surface area contributed by atoms with Gasteiger partial charge in [0.2, 0.25) is 9.84 Å². The molecule has 3 rings (SSSR count). The standard InChI is InChI=1S/C15H18ClNO2S/c16-13-5-6-15-14(9-13)12(11-20(15,18)19)10-17-7-3-1-2-4-8-17/h5-6,9,11H,1-4,7-8,10H2. The fourth-order valence-corrected chi connectivity index (χ4v) is 4.60. The van der Waals surface area contributed by atoms with Crippen LogP contribution in [0.5, 0.6) is 0 Å². The molecule has 0 spiro atoms. The van der Waals surface area contributed by atoms with E-state index in [9.17, 15) is 8.42 Å². The fourth-order valence-electron chi connectivity index (χ4n) is 2.97. The van der Waals surface area contributed by atoms with E-state index in [1.807, 2.05) is 0 Å². The van der Waals surface area contributed by atoms with Crippen molar-refractivity contribution in [2.45, 2.75) is 30.6 Å². The maximum Gasteiger partial charge on any atom is 0.200 e. The van der Waals surface area contributed by atoms with Crippen LogP contribution in [0.15, 0.2) is 28.5 Å². The number of nitrogens with zero attached hydrogens (tertiary/aromatic N) is 1. The van der Waals surface area contributed by atoms with Crippen LogP contribution in [0.3, 0.4) is 0 Å². The summed E-state index contributed by atoms with van der Waals surface area (Å²) in [5.41, 5.74) is 1.66. The van der Waals surface area contributed by atoms with Gasteiger partial charge in [-0.15, -0.1) is 0 Å². The molecule has 2 aliphatic heterocycles. The summed E-state index contributed by atoms with van der Waals surface area (Å²) in [5, 5.41) is 2.00. The quantitative estimate of drug-likeness (QED) is 0.840. The number of likely N-dealkylation sites (tertiary alicyclic amines) is 1. The lowest BCUT2D eigenvalue weighted by molar-refractivity contribution is 0.320. The van der Waals surface area contributed by atoms with Gasteiger partial charge in [0, 0.05) is 22.5 Å². The highest BCUT2D eigenvalue weighted by atomic mass is 35.5. The zero-order chi connectivity index (χ0) is 14.2. The number of hydrogen-bond acceptors (Lipinski definition) is 3. The summed E-state index contributed by atoms with van der Waals surface area (Å²) >= 11 is 6.02. The Bertz CT molecular complexity index is 644. The Balaban J connectivity index is 1.89. The smallest absolute Gasteiger partial charge is 0.200 e. The molecule has 0 aliphatic carbocycles. The Morgan fingerprint density at radius 2 is 1.80 bits per heavy atom. The molecule has 1 aromatic rings. The van der Waals surface area contributed by atoms with Crippen LogP contribution in [0, 0.1) is 0 Å². The van der Waals surface area contributed by atoms with Gasteiger partial charge in [-0.3, -0.25) is 4.90 Å². The first-order chi connectivity index (χ1) is 9.56. The van der Waals surface area contributed by atoms with E-state index >= 15 is 0 Å². The van der Waals surface area contributed by atoms with E-state index in [0.717, 1.165) is 24.2 Å². The normalized spacial score (nSPS) is 22.1. The Hall–Kier alpha value is -0.840. The number of hydrogen-bond donors (Lipinski definition) is 0. The summed E-state index contributed by atoms with van der Waals surface area (Å²) in [6, 6.07) is 5.02. The third-order valence-corrected chi connectivity index (χ3v) is 5.78. The minimum atomic E-state index is -3.28. The average Bonchev–Trinajstić information content (AvgIpc) is 2.59. The van der Waals surface area contributed by atoms with Crippen LogP contribution in [0.25, 0.3) is 5.57 Å². The van der Waals surface area contributed by atoms with Gasteiger partial charge >= 0.3 is 0 Å². The van der Waals surface area contributed by atoms with Crippen molar-refractivity contribution < 1.29 is 8.42 Å². The maximum atomic E-state index is 12.1. The summed E-state index contributed by atoms with van der Waals surface area (Å²) in [5.74, 6) is 0. The highest BCUT2D eigenvalue weighted by Crippen LogP contribution is 2.35. The molecule has 20 heavy (non-hydrogen) atoms. The summed E-state index contributed by atoms with van der Waals surface area (Å²) in [4.78, 5) is 2.75. The molecule has 2 aliphatic rings. The van der Waals surface area contributed by atoms with Crippen LogP contribution in [0.4, 0.5) is 0 Å². The van der Waals surface area contributed by atoms with Gasteiger partial charge in [0.15, 0.2) is 0 Å². The molecule has 0 unspecified atom stereocenters. The van der Waals surface area contributed by atoms with Crippen molar-refractivity contribution in [1.29, 1.82) is 0 Å². The van der Waals surface area contributed by atoms with Gasteiger partial charge in [-0.05, 0) is 49.7 Å². The molecule has 1 aromatic carbocycles. The van der Waals surface area contributed by atoms with E-state index in [2.05, 4.69) is 4.90 Å². The molecular weight excluding hydrogens is 294 g/mol. The molecule has 0 amide bonds. The molecule has 0 aromatic heterocycles. The van der Waals surface area contributed by atoms with Crippen LogP contribution in [0.2, 0.25) is 5.02 Å². The number of halogens is 1. The van der Waals surface area contributed by atoms with E-state index in [1.165, 1.54) is 31.1 Å². The number of sulfone groups is 1. The van der Waals surface area contributed by atoms with E-state index < -0.39 is 9.84 Å². The molecule has 5 heteroatoms. The van der Waals surface area contributed by atoms with E-state index in [-0.39, 0.29) is 0 Å². The predicted molar refractivity (Wildman–Crippen MR) is 81.5 cm³/mol. The first kappa shape index (κ1) is 14.1. The Morgan fingerprint density at radius 1 is 1.10 bits per heavy atom. The van der Waals surface area contributed by atoms with Crippen molar-refractivity contribution in [1.82, 2.24) is 4.90 Å². The first-order valence-corrected chi connectivity index (χ1v) is 8.97. The Morgan fingerprint density at radius 3 is 2.50 bits per heavy atom. The van der Waals surface area contributed by atoms with Crippen molar-refractivity contribution in [3.63, 3.8) is 0 Å². The first-order valence-electron chi connectivity index (χ1n) is 7.04. The number of benzene rings is 1. The molecule has 1 fully saturated rings. The number of rotatable bonds is 2. The highest BCUT2D eigenvalue weighted by molar-refractivity contribution is 7.95. The molecule has 3 nitrogen and oxygen atoms in total. The van der Waals surface area contributed by atoms with E-state index in [4.69, 9.17) is 11.6 Å². The zero-order valence-corrected chi connectivity index (χ0v) is 12.9. The topological polar surface area (TPSA) is 37.4 Å². The monoisotopic (exact) mass is 311 g/mol. The van der Waals surface area contributed by atoms with Gasteiger partial charge in [0.1, 0.15) is 0 Å². The van der Waals surface area contributed by atoms with Gasteiger partial charge in [0.05, 0.1) is 4.90 Å². The van der Waals surface area contributed by atoms with Crippen molar-refractivity contribution in [2.24, 2.45) is 0 Å². The van der Waals surface area contributed by atoms with Crippen molar-refractivity contribution in [2.75, 3.05) is 19.6 Å². The molecule has 2 heterocycles.